The van der Waals surface area contributed by atoms with Crippen LogP contribution in [0, 0.1) is 0 Å². The lowest BCUT2D eigenvalue weighted by Gasteiger charge is -2.38. The number of aliphatic hydroxyl groups is 1. The maximum atomic E-state index is 12.7. The number of aromatic nitrogens is 6. The highest BCUT2D eigenvalue weighted by Crippen LogP contribution is 2.38. The van der Waals surface area contributed by atoms with Crippen LogP contribution in [0.5, 0.6) is 0 Å². The first-order valence-electron chi connectivity index (χ1n) is 8.78. The Hall–Kier alpha value is -2.94. The third-order valence-corrected chi connectivity index (χ3v) is 5.38. The standard InChI is InChI=1S/C17H19N7O2/c25-13-5-11-1-2-12(6-13)23(11)15-7-16(20-9-19-15)24-17(26)14(8-21-24)22-4-3-18-10-22/h3-4,7-13,21,25H,1-2,5-6H2/t11-,12+,13+. The number of imidazole rings is 1. The summed E-state index contributed by atoms with van der Waals surface area (Å²) in [6, 6.07) is 2.43. The van der Waals surface area contributed by atoms with Crippen molar-refractivity contribution in [1.82, 2.24) is 29.3 Å². The minimum absolute atomic E-state index is 0.204. The van der Waals surface area contributed by atoms with Crippen LogP contribution in [-0.2, 0) is 0 Å². The lowest BCUT2D eigenvalue weighted by atomic mass is 10.00. The molecule has 2 aliphatic heterocycles. The molecule has 5 rings (SSSR count). The minimum Gasteiger partial charge on any atom is -0.393 e. The van der Waals surface area contributed by atoms with Gasteiger partial charge in [0.1, 0.15) is 17.8 Å². The lowest BCUT2D eigenvalue weighted by Crippen LogP contribution is -2.45. The number of fused-ring (bicyclic) bond motifs is 2. The molecule has 9 nitrogen and oxygen atoms in total. The molecule has 3 atom stereocenters. The molecule has 2 N–H and O–H groups in total. The van der Waals surface area contributed by atoms with Gasteiger partial charge in [-0.25, -0.2) is 15.0 Å². The molecule has 26 heavy (non-hydrogen) atoms. The summed E-state index contributed by atoms with van der Waals surface area (Å²) in [4.78, 5) is 27.7. The molecule has 3 aromatic heterocycles. The third-order valence-electron chi connectivity index (χ3n) is 5.38. The first kappa shape index (κ1) is 15.3. The number of aromatic amines is 1. The van der Waals surface area contributed by atoms with Crippen molar-refractivity contribution < 1.29 is 5.11 Å². The Labute approximate surface area is 148 Å². The Morgan fingerprint density at radius 2 is 1.92 bits per heavy atom. The predicted molar refractivity (Wildman–Crippen MR) is 93.6 cm³/mol. The van der Waals surface area contributed by atoms with Gasteiger partial charge in [0, 0.05) is 36.7 Å². The molecule has 0 aromatic carbocycles. The highest BCUT2D eigenvalue weighted by Gasteiger charge is 2.40. The van der Waals surface area contributed by atoms with E-state index in [4.69, 9.17) is 0 Å². The lowest BCUT2D eigenvalue weighted by molar-refractivity contribution is 0.126. The monoisotopic (exact) mass is 353 g/mol. The van der Waals surface area contributed by atoms with E-state index < -0.39 is 0 Å². The quantitative estimate of drug-likeness (QED) is 0.716. The molecule has 0 unspecified atom stereocenters. The number of piperidine rings is 1. The van der Waals surface area contributed by atoms with E-state index in [2.05, 4.69) is 25.0 Å². The molecule has 3 aromatic rings. The predicted octanol–water partition coefficient (Wildman–Crippen LogP) is 0.633. The molecular formula is C17H19N7O2. The highest BCUT2D eigenvalue weighted by molar-refractivity contribution is 5.48. The minimum atomic E-state index is -0.228. The highest BCUT2D eigenvalue weighted by atomic mass is 16.3. The Balaban J connectivity index is 1.51. The van der Waals surface area contributed by atoms with Crippen LogP contribution in [0.2, 0.25) is 0 Å². The molecule has 0 spiro atoms. The van der Waals surface area contributed by atoms with Crippen molar-refractivity contribution in [2.24, 2.45) is 0 Å². The summed E-state index contributed by atoms with van der Waals surface area (Å²) < 4.78 is 3.06. The summed E-state index contributed by atoms with van der Waals surface area (Å²) in [6.45, 7) is 0. The SMILES string of the molecule is O=c1c(-n2ccnc2)c[nH]n1-c1cc(N2[C@@H]3CC[C@H]2C[C@@H](O)C3)ncn1. The van der Waals surface area contributed by atoms with Crippen molar-refractivity contribution in [3.8, 4) is 11.5 Å². The van der Waals surface area contributed by atoms with Crippen LogP contribution >= 0.6 is 0 Å². The normalized spacial score (nSPS) is 25.0. The molecular weight excluding hydrogens is 334 g/mol. The van der Waals surface area contributed by atoms with Gasteiger partial charge in [0.25, 0.3) is 5.56 Å². The van der Waals surface area contributed by atoms with Crippen LogP contribution in [0.15, 0.2) is 42.1 Å². The van der Waals surface area contributed by atoms with Gasteiger partial charge in [0.15, 0.2) is 5.82 Å². The zero-order valence-electron chi connectivity index (χ0n) is 14.1. The molecule has 0 amide bonds. The number of hydrogen-bond acceptors (Lipinski definition) is 6. The second-order valence-corrected chi connectivity index (χ2v) is 6.92. The Kier molecular flexibility index (Phi) is 3.42. The average Bonchev–Trinajstić information content (AvgIpc) is 3.34. The van der Waals surface area contributed by atoms with Crippen molar-refractivity contribution in [1.29, 1.82) is 0 Å². The molecule has 5 heterocycles. The first-order chi connectivity index (χ1) is 12.7. The smallest absolute Gasteiger partial charge is 0.296 e. The van der Waals surface area contributed by atoms with Gasteiger partial charge in [0.05, 0.1) is 12.4 Å². The molecule has 0 aliphatic carbocycles. The molecule has 0 saturated carbocycles. The molecule has 2 aliphatic rings. The molecule has 2 bridgehead atoms. The van der Waals surface area contributed by atoms with E-state index in [1.807, 2.05) is 6.07 Å². The number of hydrogen-bond donors (Lipinski definition) is 2. The molecule has 134 valence electrons. The van der Waals surface area contributed by atoms with Gasteiger partial charge in [-0.05, 0) is 25.7 Å². The summed E-state index contributed by atoms with van der Waals surface area (Å²) >= 11 is 0. The van der Waals surface area contributed by atoms with Gasteiger partial charge >= 0.3 is 0 Å². The van der Waals surface area contributed by atoms with Crippen molar-refractivity contribution >= 4 is 5.82 Å². The van der Waals surface area contributed by atoms with E-state index in [1.165, 1.54) is 11.0 Å². The molecule has 2 fully saturated rings. The van der Waals surface area contributed by atoms with Crippen LogP contribution < -0.4 is 10.5 Å². The van der Waals surface area contributed by atoms with Crippen LogP contribution in [-0.4, -0.2) is 52.6 Å². The zero-order valence-corrected chi connectivity index (χ0v) is 14.1. The first-order valence-corrected chi connectivity index (χ1v) is 8.78. The Morgan fingerprint density at radius 3 is 2.65 bits per heavy atom. The Morgan fingerprint density at radius 1 is 1.15 bits per heavy atom. The molecule has 2 saturated heterocycles. The van der Waals surface area contributed by atoms with Gasteiger partial charge in [-0.1, -0.05) is 0 Å². The summed E-state index contributed by atoms with van der Waals surface area (Å²) in [5.41, 5.74) is 0.272. The topological polar surface area (TPSA) is 105 Å². The number of anilines is 1. The molecule has 9 heteroatoms. The number of nitrogens with one attached hydrogen (secondary N) is 1. The largest absolute Gasteiger partial charge is 0.393 e. The van der Waals surface area contributed by atoms with Crippen LogP contribution in [0.1, 0.15) is 25.7 Å². The van der Waals surface area contributed by atoms with E-state index >= 15 is 0 Å². The van der Waals surface area contributed by atoms with E-state index in [9.17, 15) is 9.90 Å². The summed E-state index contributed by atoms with van der Waals surface area (Å²) in [5, 5.41) is 13.0. The summed E-state index contributed by atoms with van der Waals surface area (Å²) in [7, 11) is 0. The Bertz CT molecular complexity index is 963. The number of nitrogens with zero attached hydrogens (tertiary/aromatic N) is 6. The average molecular weight is 353 g/mol. The van der Waals surface area contributed by atoms with E-state index in [0.717, 1.165) is 31.5 Å². The maximum absolute atomic E-state index is 12.7. The van der Waals surface area contributed by atoms with Gasteiger partial charge in [0.2, 0.25) is 0 Å². The molecule has 0 radical (unpaired) electrons. The van der Waals surface area contributed by atoms with Crippen LogP contribution in [0.25, 0.3) is 11.5 Å². The number of aliphatic hydroxyl groups excluding tert-OH is 1. The van der Waals surface area contributed by atoms with Gasteiger partial charge < -0.3 is 10.0 Å². The summed E-state index contributed by atoms with van der Waals surface area (Å²) in [6.07, 6.45) is 11.5. The van der Waals surface area contributed by atoms with Crippen molar-refractivity contribution in [3.05, 3.63) is 47.7 Å². The third kappa shape index (κ3) is 2.35. The second-order valence-electron chi connectivity index (χ2n) is 6.92. The van der Waals surface area contributed by atoms with Gasteiger partial charge in [-0.3, -0.25) is 14.5 Å². The van der Waals surface area contributed by atoms with E-state index in [-0.39, 0.29) is 11.7 Å². The van der Waals surface area contributed by atoms with Crippen molar-refractivity contribution in [2.75, 3.05) is 4.90 Å². The zero-order chi connectivity index (χ0) is 17.7. The van der Waals surface area contributed by atoms with Crippen LogP contribution in [0.3, 0.4) is 0 Å². The maximum Gasteiger partial charge on any atom is 0.296 e. The van der Waals surface area contributed by atoms with Gasteiger partial charge in [-0.2, -0.15) is 4.68 Å². The van der Waals surface area contributed by atoms with Crippen molar-refractivity contribution in [3.63, 3.8) is 0 Å². The van der Waals surface area contributed by atoms with Gasteiger partial charge in [-0.15, -0.1) is 0 Å². The van der Waals surface area contributed by atoms with Crippen molar-refractivity contribution in [2.45, 2.75) is 43.9 Å². The van der Waals surface area contributed by atoms with Crippen LogP contribution in [0.4, 0.5) is 5.82 Å². The second kappa shape index (κ2) is 5.80. The van der Waals surface area contributed by atoms with E-state index in [1.54, 1.807) is 29.5 Å². The number of rotatable bonds is 3. The number of H-pyrrole nitrogens is 1. The fourth-order valence-corrected chi connectivity index (χ4v) is 4.24. The van der Waals surface area contributed by atoms with E-state index in [0.29, 0.717) is 23.6 Å². The summed E-state index contributed by atoms with van der Waals surface area (Å²) in [5.74, 6) is 1.30. The fourth-order valence-electron chi connectivity index (χ4n) is 4.24. The fraction of sp³-hybridized carbons (Fsp3) is 0.412.